The molecule has 0 aromatic carbocycles. The molecule has 2 heterocycles. The predicted molar refractivity (Wildman–Crippen MR) is 53.8 cm³/mol. The summed E-state index contributed by atoms with van der Waals surface area (Å²) in [6.45, 7) is 1.65. The van der Waals surface area contributed by atoms with Crippen LogP contribution in [0.4, 0.5) is 0 Å². The maximum Gasteiger partial charge on any atom is 0.136 e. The number of nitrogens with two attached hydrogens (primary N) is 1. The highest BCUT2D eigenvalue weighted by molar-refractivity contribution is 5.41. The van der Waals surface area contributed by atoms with Crippen molar-refractivity contribution in [2.24, 2.45) is 11.7 Å². The summed E-state index contributed by atoms with van der Waals surface area (Å²) in [6, 6.07) is 2.07. The molecule has 4 heteroatoms. The molecule has 3 rings (SSSR count). The van der Waals surface area contributed by atoms with Crippen molar-refractivity contribution in [1.82, 2.24) is 14.2 Å². The highest BCUT2D eigenvalue weighted by atomic mass is 15.3. The Kier molecular flexibility index (Phi) is 1.64. The molecule has 0 aliphatic heterocycles. The van der Waals surface area contributed by atoms with Gasteiger partial charge in [-0.1, -0.05) is 0 Å². The van der Waals surface area contributed by atoms with E-state index in [2.05, 4.69) is 21.9 Å². The molecule has 2 N–H and O–H groups in total. The molecule has 0 spiro atoms. The lowest BCUT2D eigenvalue weighted by atomic mass is 10.4. The molecule has 1 fully saturated rings. The zero-order valence-corrected chi connectivity index (χ0v) is 8.06. The van der Waals surface area contributed by atoms with Gasteiger partial charge in [0, 0.05) is 31.5 Å². The van der Waals surface area contributed by atoms with Gasteiger partial charge in [0.1, 0.15) is 5.65 Å². The minimum atomic E-state index is 0.519. The molecule has 0 atom stereocenters. The van der Waals surface area contributed by atoms with E-state index >= 15 is 0 Å². The van der Waals surface area contributed by atoms with Crippen LogP contribution in [0.3, 0.4) is 0 Å². The number of imidazole rings is 1. The van der Waals surface area contributed by atoms with E-state index < -0.39 is 0 Å². The Morgan fingerprint density at radius 1 is 1.43 bits per heavy atom. The fourth-order valence-corrected chi connectivity index (χ4v) is 1.81. The van der Waals surface area contributed by atoms with Gasteiger partial charge in [-0.25, -0.2) is 4.52 Å². The predicted octanol–water partition coefficient (Wildman–Crippen LogP) is 1.00. The number of hydrogen-bond donors (Lipinski definition) is 1. The summed E-state index contributed by atoms with van der Waals surface area (Å²) >= 11 is 0. The minimum absolute atomic E-state index is 0.519. The standard InChI is InChI=1S/C10H14N4/c11-6-9-5-10-13(7-8-1-2-8)3-4-14(10)12-9/h3-5,8H,1-2,6-7,11H2. The monoisotopic (exact) mass is 190 g/mol. The summed E-state index contributed by atoms with van der Waals surface area (Å²) in [4.78, 5) is 0. The van der Waals surface area contributed by atoms with Crippen molar-refractivity contribution in [2.45, 2.75) is 25.9 Å². The fourth-order valence-electron chi connectivity index (χ4n) is 1.81. The third-order valence-corrected chi connectivity index (χ3v) is 2.81. The first-order chi connectivity index (χ1) is 6.86. The first kappa shape index (κ1) is 8.05. The van der Waals surface area contributed by atoms with Gasteiger partial charge in [-0.3, -0.25) is 0 Å². The van der Waals surface area contributed by atoms with E-state index in [1.54, 1.807) is 0 Å². The Balaban J connectivity index is 2.00. The number of fused-ring (bicyclic) bond motifs is 1. The summed E-state index contributed by atoms with van der Waals surface area (Å²) < 4.78 is 4.18. The van der Waals surface area contributed by atoms with E-state index in [0.717, 1.165) is 23.8 Å². The highest BCUT2D eigenvalue weighted by Crippen LogP contribution is 2.31. The van der Waals surface area contributed by atoms with E-state index in [-0.39, 0.29) is 0 Å². The Morgan fingerprint density at radius 3 is 3.00 bits per heavy atom. The molecule has 4 nitrogen and oxygen atoms in total. The number of rotatable bonds is 3. The van der Waals surface area contributed by atoms with Crippen molar-refractivity contribution in [3.8, 4) is 0 Å². The van der Waals surface area contributed by atoms with Crippen LogP contribution in [-0.4, -0.2) is 14.2 Å². The molecule has 0 saturated heterocycles. The molecular formula is C10H14N4. The summed E-state index contributed by atoms with van der Waals surface area (Å²) in [5.74, 6) is 0.891. The van der Waals surface area contributed by atoms with Gasteiger partial charge >= 0.3 is 0 Å². The van der Waals surface area contributed by atoms with Gasteiger partial charge in [-0.15, -0.1) is 0 Å². The number of aromatic nitrogens is 3. The third-order valence-electron chi connectivity index (χ3n) is 2.81. The molecule has 1 saturated carbocycles. The molecule has 0 unspecified atom stereocenters. The van der Waals surface area contributed by atoms with Crippen molar-refractivity contribution in [3.63, 3.8) is 0 Å². The van der Waals surface area contributed by atoms with Crippen molar-refractivity contribution < 1.29 is 0 Å². The van der Waals surface area contributed by atoms with Crippen molar-refractivity contribution >= 4 is 5.65 Å². The Bertz CT molecular complexity index is 450. The van der Waals surface area contributed by atoms with Crippen LogP contribution in [0.15, 0.2) is 18.5 Å². The van der Waals surface area contributed by atoms with Crippen LogP contribution in [0, 0.1) is 5.92 Å². The van der Waals surface area contributed by atoms with Gasteiger partial charge in [-0.2, -0.15) is 5.10 Å². The maximum absolute atomic E-state index is 5.55. The fraction of sp³-hybridized carbons (Fsp3) is 0.500. The third kappa shape index (κ3) is 1.23. The number of nitrogens with zero attached hydrogens (tertiary/aromatic N) is 3. The van der Waals surface area contributed by atoms with Gasteiger partial charge in [0.15, 0.2) is 0 Å². The Morgan fingerprint density at radius 2 is 2.29 bits per heavy atom. The molecule has 2 aromatic rings. The molecular weight excluding hydrogens is 176 g/mol. The van der Waals surface area contributed by atoms with Crippen LogP contribution in [0.2, 0.25) is 0 Å². The minimum Gasteiger partial charge on any atom is -0.331 e. The molecule has 2 aromatic heterocycles. The summed E-state index contributed by atoms with van der Waals surface area (Å²) in [5.41, 5.74) is 7.68. The molecule has 0 bridgehead atoms. The van der Waals surface area contributed by atoms with Gasteiger partial charge in [-0.05, 0) is 18.8 Å². The van der Waals surface area contributed by atoms with Gasteiger partial charge < -0.3 is 10.3 Å². The first-order valence-corrected chi connectivity index (χ1v) is 5.10. The zero-order chi connectivity index (χ0) is 9.54. The summed E-state index contributed by atoms with van der Waals surface area (Å²) in [7, 11) is 0. The van der Waals surface area contributed by atoms with Gasteiger partial charge in [0.2, 0.25) is 0 Å². The lowest BCUT2D eigenvalue weighted by molar-refractivity contribution is 0.644. The summed E-state index contributed by atoms with van der Waals surface area (Å²) in [5, 5.41) is 4.35. The average molecular weight is 190 g/mol. The average Bonchev–Trinajstić information content (AvgIpc) is 2.77. The van der Waals surface area contributed by atoms with E-state index in [1.165, 1.54) is 12.8 Å². The van der Waals surface area contributed by atoms with E-state index in [4.69, 9.17) is 5.73 Å². The smallest absolute Gasteiger partial charge is 0.136 e. The van der Waals surface area contributed by atoms with Crippen LogP contribution < -0.4 is 5.73 Å². The first-order valence-electron chi connectivity index (χ1n) is 5.10. The second-order valence-electron chi connectivity index (χ2n) is 4.04. The normalized spacial score (nSPS) is 16.6. The van der Waals surface area contributed by atoms with Gasteiger partial charge in [0.25, 0.3) is 0 Å². The van der Waals surface area contributed by atoms with Crippen LogP contribution in [0.5, 0.6) is 0 Å². The van der Waals surface area contributed by atoms with Crippen LogP contribution >= 0.6 is 0 Å². The van der Waals surface area contributed by atoms with Crippen LogP contribution in [-0.2, 0) is 13.1 Å². The number of hydrogen-bond acceptors (Lipinski definition) is 2. The molecule has 74 valence electrons. The molecule has 14 heavy (non-hydrogen) atoms. The van der Waals surface area contributed by atoms with Crippen LogP contribution in [0.25, 0.3) is 5.65 Å². The quantitative estimate of drug-likeness (QED) is 0.785. The second-order valence-corrected chi connectivity index (χ2v) is 4.04. The molecule has 1 aliphatic rings. The Hall–Kier alpha value is -1.29. The highest BCUT2D eigenvalue weighted by Gasteiger charge is 2.22. The van der Waals surface area contributed by atoms with E-state index in [9.17, 15) is 0 Å². The van der Waals surface area contributed by atoms with Gasteiger partial charge in [0.05, 0.1) is 5.69 Å². The van der Waals surface area contributed by atoms with Crippen molar-refractivity contribution in [3.05, 3.63) is 24.2 Å². The molecule has 0 amide bonds. The lowest BCUT2D eigenvalue weighted by Gasteiger charge is -1.99. The molecule has 0 radical (unpaired) electrons. The summed E-state index contributed by atoms with van der Waals surface area (Å²) in [6.07, 6.45) is 6.85. The van der Waals surface area contributed by atoms with Crippen molar-refractivity contribution in [2.75, 3.05) is 0 Å². The molecule has 1 aliphatic carbocycles. The van der Waals surface area contributed by atoms with Crippen molar-refractivity contribution in [1.29, 1.82) is 0 Å². The van der Waals surface area contributed by atoms with E-state index in [1.807, 2.05) is 10.7 Å². The SMILES string of the molecule is NCc1cc2n(CC3CC3)ccn2n1. The van der Waals surface area contributed by atoms with E-state index in [0.29, 0.717) is 6.54 Å². The lowest BCUT2D eigenvalue weighted by Crippen LogP contribution is -1.97. The van der Waals surface area contributed by atoms with Crippen LogP contribution in [0.1, 0.15) is 18.5 Å². The Labute approximate surface area is 82.3 Å². The second kappa shape index (κ2) is 2.85. The largest absolute Gasteiger partial charge is 0.331 e. The maximum atomic E-state index is 5.55. The zero-order valence-electron chi connectivity index (χ0n) is 8.06. The topological polar surface area (TPSA) is 48.2 Å².